The van der Waals surface area contributed by atoms with Crippen LogP contribution in [0.15, 0.2) is 5.51 Å². The molecule has 0 radical (unpaired) electrons. The van der Waals surface area contributed by atoms with Gasteiger partial charge in [-0.2, -0.15) is 0 Å². The van der Waals surface area contributed by atoms with E-state index in [1.54, 1.807) is 11.3 Å². The van der Waals surface area contributed by atoms with Crippen molar-refractivity contribution in [2.75, 3.05) is 32.9 Å². The summed E-state index contributed by atoms with van der Waals surface area (Å²) in [5.74, 6) is 0. The molecule has 1 aromatic rings. The van der Waals surface area contributed by atoms with E-state index in [0.29, 0.717) is 32.7 Å². The third-order valence-corrected chi connectivity index (χ3v) is 3.52. The maximum Gasteiger partial charge on any atom is 0.0897 e. The van der Waals surface area contributed by atoms with Gasteiger partial charge in [-0.25, -0.2) is 4.98 Å². The average molecular weight is 274 g/mol. The van der Waals surface area contributed by atoms with Crippen LogP contribution in [-0.2, 0) is 11.2 Å². The lowest BCUT2D eigenvalue weighted by Gasteiger charge is -2.11. The SMILES string of the molecule is Cc1ncsc1CCOCC(O)CNCCCO. The molecule has 1 heterocycles. The third-order valence-electron chi connectivity index (χ3n) is 2.52. The highest BCUT2D eigenvalue weighted by Crippen LogP contribution is 2.12. The Morgan fingerprint density at radius 1 is 1.56 bits per heavy atom. The normalized spacial score (nSPS) is 12.8. The zero-order chi connectivity index (χ0) is 13.2. The Labute approximate surface area is 112 Å². The van der Waals surface area contributed by atoms with Crippen molar-refractivity contribution in [3.8, 4) is 0 Å². The van der Waals surface area contributed by atoms with Crippen molar-refractivity contribution in [3.63, 3.8) is 0 Å². The molecular weight excluding hydrogens is 252 g/mol. The first-order valence-corrected chi connectivity index (χ1v) is 7.08. The minimum Gasteiger partial charge on any atom is -0.396 e. The molecule has 0 spiro atoms. The monoisotopic (exact) mass is 274 g/mol. The van der Waals surface area contributed by atoms with Crippen LogP contribution in [0.5, 0.6) is 0 Å². The van der Waals surface area contributed by atoms with Gasteiger partial charge in [-0.05, 0) is 19.9 Å². The van der Waals surface area contributed by atoms with E-state index in [1.807, 2.05) is 12.4 Å². The summed E-state index contributed by atoms with van der Waals surface area (Å²) in [7, 11) is 0. The molecule has 0 bridgehead atoms. The van der Waals surface area contributed by atoms with E-state index in [-0.39, 0.29) is 6.61 Å². The summed E-state index contributed by atoms with van der Waals surface area (Å²) in [6, 6.07) is 0. The second-order valence-electron chi connectivity index (χ2n) is 4.12. The topological polar surface area (TPSA) is 74.6 Å². The van der Waals surface area contributed by atoms with Crippen LogP contribution in [0.2, 0.25) is 0 Å². The van der Waals surface area contributed by atoms with Crippen LogP contribution >= 0.6 is 11.3 Å². The van der Waals surface area contributed by atoms with Crippen LogP contribution in [0.1, 0.15) is 17.0 Å². The first kappa shape index (κ1) is 15.5. The fourth-order valence-electron chi connectivity index (χ4n) is 1.48. The first-order valence-electron chi connectivity index (χ1n) is 6.20. The van der Waals surface area contributed by atoms with Gasteiger partial charge in [-0.3, -0.25) is 0 Å². The van der Waals surface area contributed by atoms with Gasteiger partial charge in [0.05, 0.1) is 30.5 Å². The van der Waals surface area contributed by atoms with E-state index < -0.39 is 6.10 Å². The van der Waals surface area contributed by atoms with Crippen molar-refractivity contribution in [2.24, 2.45) is 0 Å². The lowest BCUT2D eigenvalue weighted by Crippen LogP contribution is -2.31. The van der Waals surface area contributed by atoms with E-state index in [1.165, 1.54) is 4.88 Å². The van der Waals surface area contributed by atoms with Crippen LogP contribution < -0.4 is 5.32 Å². The molecule has 0 aliphatic carbocycles. The predicted octanol–water partition coefficient (Wildman–Crippen LogP) is 0.344. The number of aliphatic hydroxyl groups is 2. The molecule has 1 rings (SSSR count). The molecule has 1 unspecified atom stereocenters. The van der Waals surface area contributed by atoms with E-state index in [9.17, 15) is 5.11 Å². The van der Waals surface area contributed by atoms with Crippen molar-refractivity contribution < 1.29 is 14.9 Å². The van der Waals surface area contributed by atoms with Gasteiger partial charge in [0.15, 0.2) is 0 Å². The van der Waals surface area contributed by atoms with Crippen molar-refractivity contribution in [1.29, 1.82) is 0 Å². The Morgan fingerprint density at radius 3 is 3.06 bits per heavy atom. The number of aromatic nitrogens is 1. The molecule has 0 saturated carbocycles. The van der Waals surface area contributed by atoms with Gasteiger partial charge in [0, 0.05) is 24.4 Å². The Kier molecular flexibility index (Phi) is 8.11. The lowest BCUT2D eigenvalue weighted by molar-refractivity contribution is 0.0384. The highest BCUT2D eigenvalue weighted by molar-refractivity contribution is 7.09. The smallest absolute Gasteiger partial charge is 0.0897 e. The van der Waals surface area contributed by atoms with E-state index in [0.717, 1.165) is 12.1 Å². The van der Waals surface area contributed by atoms with E-state index in [2.05, 4.69) is 10.3 Å². The van der Waals surface area contributed by atoms with Crippen LogP contribution in [0, 0.1) is 6.92 Å². The molecule has 0 aliphatic rings. The molecule has 104 valence electrons. The van der Waals surface area contributed by atoms with Crippen LogP contribution in [0.4, 0.5) is 0 Å². The standard InChI is InChI=1S/C12H22N2O3S/c1-10-12(18-9-14-10)3-6-17-8-11(16)7-13-4-2-5-15/h9,11,13,15-16H,2-8H2,1H3. The summed E-state index contributed by atoms with van der Waals surface area (Å²) >= 11 is 1.64. The highest BCUT2D eigenvalue weighted by Gasteiger charge is 2.05. The molecule has 1 atom stereocenters. The number of hydrogen-bond acceptors (Lipinski definition) is 6. The molecule has 1 aromatic heterocycles. The second kappa shape index (κ2) is 9.41. The number of nitrogens with zero attached hydrogens (tertiary/aromatic N) is 1. The maximum absolute atomic E-state index is 9.60. The van der Waals surface area contributed by atoms with Crippen molar-refractivity contribution >= 4 is 11.3 Å². The molecular formula is C12H22N2O3S. The fraction of sp³-hybridized carbons (Fsp3) is 0.750. The van der Waals surface area contributed by atoms with Gasteiger partial charge >= 0.3 is 0 Å². The van der Waals surface area contributed by atoms with Crippen LogP contribution in [-0.4, -0.2) is 54.2 Å². The molecule has 0 aliphatic heterocycles. The van der Waals surface area contributed by atoms with Gasteiger partial charge in [0.2, 0.25) is 0 Å². The summed E-state index contributed by atoms with van der Waals surface area (Å²) in [6.07, 6.45) is 1.06. The number of aryl methyl sites for hydroxylation is 1. The Morgan fingerprint density at radius 2 is 2.39 bits per heavy atom. The molecule has 0 aromatic carbocycles. The number of nitrogens with one attached hydrogen (secondary N) is 1. The van der Waals surface area contributed by atoms with Gasteiger partial charge in [0.1, 0.15) is 0 Å². The molecule has 0 saturated heterocycles. The van der Waals surface area contributed by atoms with Gasteiger partial charge in [-0.15, -0.1) is 11.3 Å². The second-order valence-corrected chi connectivity index (χ2v) is 5.06. The van der Waals surface area contributed by atoms with E-state index in [4.69, 9.17) is 9.84 Å². The number of thiazole rings is 1. The molecule has 0 amide bonds. The lowest BCUT2D eigenvalue weighted by atomic mass is 10.3. The fourth-order valence-corrected chi connectivity index (χ4v) is 2.24. The Hall–Kier alpha value is -0.530. The summed E-state index contributed by atoms with van der Waals surface area (Å²) in [5, 5.41) is 21.2. The molecule has 0 fully saturated rings. The van der Waals surface area contributed by atoms with E-state index >= 15 is 0 Å². The number of rotatable bonds is 10. The zero-order valence-corrected chi connectivity index (χ0v) is 11.6. The quantitative estimate of drug-likeness (QED) is 0.537. The molecule has 18 heavy (non-hydrogen) atoms. The summed E-state index contributed by atoms with van der Waals surface area (Å²) in [4.78, 5) is 5.41. The molecule has 3 N–H and O–H groups in total. The number of aliphatic hydroxyl groups excluding tert-OH is 2. The zero-order valence-electron chi connectivity index (χ0n) is 10.8. The van der Waals surface area contributed by atoms with Gasteiger partial charge in [0.25, 0.3) is 0 Å². The largest absolute Gasteiger partial charge is 0.396 e. The van der Waals surface area contributed by atoms with Crippen molar-refractivity contribution in [2.45, 2.75) is 25.9 Å². The Balaban J connectivity index is 1.98. The molecule has 6 heteroatoms. The van der Waals surface area contributed by atoms with Crippen molar-refractivity contribution in [3.05, 3.63) is 16.1 Å². The van der Waals surface area contributed by atoms with Gasteiger partial charge < -0.3 is 20.3 Å². The van der Waals surface area contributed by atoms with Gasteiger partial charge in [-0.1, -0.05) is 0 Å². The summed E-state index contributed by atoms with van der Waals surface area (Å²) in [6.45, 7) is 4.33. The van der Waals surface area contributed by atoms with Crippen molar-refractivity contribution in [1.82, 2.24) is 10.3 Å². The predicted molar refractivity (Wildman–Crippen MR) is 72.0 cm³/mol. The van der Waals surface area contributed by atoms with Crippen LogP contribution in [0.3, 0.4) is 0 Å². The number of ether oxygens (including phenoxy) is 1. The highest BCUT2D eigenvalue weighted by atomic mass is 32.1. The van der Waals surface area contributed by atoms with Crippen LogP contribution in [0.25, 0.3) is 0 Å². The number of hydrogen-bond donors (Lipinski definition) is 3. The maximum atomic E-state index is 9.60. The minimum absolute atomic E-state index is 0.174. The average Bonchev–Trinajstić information content (AvgIpc) is 2.76. The first-order chi connectivity index (χ1) is 8.74. The third kappa shape index (κ3) is 6.42. The molecule has 5 nitrogen and oxygen atoms in total. The summed E-state index contributed by atoms with van der Waals surface area (Å²) < 4.78 is 5.42. The Bertz CT molecular complexity index is 320. The summed E-state index contributed by atoms with van der Waals surface area (Å²) in [5.41, 5.74) is 2.90. The minimum atomic E-state index is -0.494.